The van der Waals surface area contributed by atoms with Gasteiger partial charge in [0.2, 0.25) is 0 Å². The van der Waals surface area contributed by atoms with E-state index in [2.05, 4.69) is 10.1 Å². The van der Waals surface area contributed by atoms with E-state index in [0.29, 0.717) is 41.3 Å². The molecule has 1 amide bonds. The number of amides is 1. The minimum Gasteiger partial charge on any atom is -0.494 e. The van der Waals surface area contributed by atoms with Gasteiger partial charge in [-0.3, -0.25) is 4.79 Å². The van der Waals surface area contributed by atoms with Gasteiger partial charge in [-0.2, -0.15) is 5.10 Å². The molecule has 0 saturated carbocycles. The van der Waals surface area contributed by atoms with Crippen LogP contribution in [0.5, 0.6) is 5.75 Å². The number of fused-ring (bicyclic) bond motifs is 1. The summed E-state index contributed by atoms with van der Waals surface area (Å²) in [6.45, 7) is 2.45. The summed E-state index contributed by atoms with van der Waals surface area (Å²) in [6.07, 6.45) is 1.88. The molecule has 166 valence electrons. The Morgan fingerprint density at radius 2 is 2.06 bits per heavy atom. The number of hydrogen-bond donors (Lipinski definition) is 0. The van der Waals surface area contributed by atoms with Gasteiger partial charge in [0.1, 0.15) is 28.2 Å². The number of aromatic nitrogens is 1. The van der Waals surface area contributed by atoms with Gasteiger partial charge >= 0.3 is 0 Å². The standard InChI is InChI=1S/C25H19ClFN3O3/c1-2-32-16-10-9-15-12-18(24(26)28-20(15)13-16)22-14-21(23-8-5-11-33-23)29-30(22)25(31)17-6-3-4-7-19(17)27/h3-13,22H,2,14H2,1H3. The molecule has 0 spiro atoms. The second kappa shape index (κ2) is 8.67. The predicted octanol–water partition coefficient (Wildman–Crippen LogP) is 6.01. The number of nitrogens with zero attached hydrogens (tertiary/aromatic N) is 3. The Morgan fingerprint density at radius 1 is 1.21 bits per heavy atom. The Balaban J connectivity index is 1.58. The summed E-state index contributed by atoms with van der Waals surface area (Å²) < 4.78 is 25.5. The molecular formula is C25H19ClFN3O3. The zero-order chi connectivity index (χ0) is 22.9. The number of benzene rings is 2. The molecule has 2 aromatic heterocycles. The van der Waals surface area contributed by atoms with Crippen molar-refractivity contribution in [3.05, 3.63) is 94.8 Å². The molecule has 1 aliphatic rings. The third kappa shape index (κ3) is 3.96. The maximum Gasteiger partial charge on any atom is 0.277 e. The van der Waals surface area contributed by atoms with Crippen molar-refractivity contribution in [1.29, 1.82) is 0 Å². The molecule has 5 rings (SSSR count). The molecule has 0 radical (unpaired) electrons. The Bertz CT molecular complexity index is 1370. The van der Waals surface area contributed by atoms with E-state index in [-0.39, 0.29) is 10.7 Å². The number of carbonyl (C=O) groups excluding carboxylic acids is 1. The molecule has 3 heterocycles. The number of halogens is 2. The van der Waals surface area contributed by atoms with Crippen LogP contribution in [0, 0.1) is 5.82 Å². The molecule has 1 unspecified atom stereocenters. The molecule has 0 aliphatic carbocycles. The normalized spacial score (nSPS) is 15.7. The van der Waals surface area contributed by atoms with Crippen molar-refractivity contribution in [1.82, 2.24) is 9.99 Å². The van der Waals surface area contributed by atoms with E-state index in [0.717, 1.165) is 5.39 Å². The van der Waals surface area contributed by atoms with Crippen molar-refractivity contribution in [2.24, 2.45) is 5.10 Å². The molecule has 6 nitrogen and oxygen atoms in total. The van der Waals surface area contributed by atoms with Crippen molar-refractivity contribution in [3.63, 3.8) is 0 Å². The molecule has 33 heavy (non-hydrogen) atoms. The van der Waals surface area contributed by atoms with Crippen LogP contribution >= 0.6 is 11.6 Å². The van der Waals surface area contributed by atoms with Gasteiger partial charge in [0.05, 0.1) is 30.0 Å². The summed E-state index contributed by atoms with van der Waals surface area (Å²) in [5.74, 6) is 0.0497. The van der Waals surface area contributed by atoms with Gasteiger partial charge in [-0.05, 0) is 49.4 Å². The fraction of sp³-hybridized carbons (Fsp3) is 0.160. The summed E-state index contributed by atoms with van der Waals surface area (Å²) >= 11 is 6.59. The van der Waals surface area contributed by atoms with E-state index in [4.69, 9.17) is 20.8 Å². The van der Waals surface area contributed by atoms with E-state index in [1.807, 2.05) is 31.2 Å². The van der Waals surface area contributed by atoms with Crippen molar-refractivity contribution in [2.75, 3.05) is 6.61 Å². The van der Waals surface area contributed by atoms with E-state index in [9.17, 15) is 9.18 Å². The monoisotopic (exact) mass is 463 g/mol. The predicted molar refractivity (Wildman–Crippen MR) is 123 cm³/mol. The van der Waals surface area contributed by atoms with E-state index >= 15 is 0 Å². The average molecular weight is 464 g/mol. The molecule has 1 atom stereocenters. The maximum atomic E-state index is 14.4. The second-order valence-electron chi connectivity index (χ2n) is 7.53. The minimum atomic E-state index is -0.617. The fourth-order valence-corrected chi connectivity index (χ4v) is 4.19. The van der Waals surface area contributed by atoms with Crippen molar-refractivity contribution in [2.45, 2.75) is 19.4 Å². The van der Waals surface area contributed by atoms with Gasteiger partial charge in [0.25, 0.3) is 5.91 Å². The number of carbonyl (C=O) groups is 1. The number of furan rings is 1. The summed E-state index contributed by atoms with van der Waals surface area (Å²) in [7, 11) is 0. The summed E-state index contributed by atoms with van der Waals surface area (Å²) in [5.41, 5.74) is 1.78. The first kappa shape index (κ1) is 21.2. The zero-order valence-corrected chi connectivity index (χ0v) is 18.4. The lowest BCUT2D eigenvalue weighted by Crippen LogP contribution is -2.28. The highest BCUT2D eigenvalue weighted by molar-refractivity contribution is 6.30. The van der Waals surface area contributed by atoms with Crippen LogP contribution in [0.25, 0.3) is 10.9 Å². The van der Waals surface area contributed by atoms with Gasteiger partial charge in [0, 0.05) is 23.4 Å². The first-order chi connectivity index (χ1) is 16.0. The van der Waals surface area contributed by atoms with Crippen molar-refractivity contribution < 1.29 is 18.3 Å². The first-order valence-corrected chi connectivity index (χ1v) is 10.9. The number of rotatable bonds is 5. The number of ether oxygens (including phenoxy) is 1. The molecule has 1 aliphatic heterocycles. The summed E-state index contributed by atoms with van der Waals surface area (Å²) in [6, 6.07) is 16.2. The molecule has 0 bridgehead atoms. The maximum absolute atomic E-state index is 14.4. The molecule has 0 N–H and O–H groups in total. The van der Waals surface area contributed by atoms with Crippen molar-refractivity contribution >= 4 is 34.1 Å². The van der Waals surface area contributed by atoms with E-state index < -0.39 is 17.8 Å². The van der Waals surface area contributed by atoms with Gasteiger partial charge in [-0.25, -0.2) is 14.4 Å². The lowest BCUT2D eigenvalue weighted by molar-refractivity contribution is 0.0706. The minimum absolute atomic E-state index is 0.0711. The van der Waals surface area contributed by atoms with Crippen LogP contribution in [0.4, 0.5) is 4.39 Å². The number of pyridine rings is 1. The molecular weight excluding hydrogens is 445 g/mol. The van der Waals surface area contributed by atoms with Gasteiger partial charge < -0.3 is 9.15 Å². The molecule has 0 fully saturated rings. The zero-order valence-electron chi connectivity index (χ0n) is 17.7. The van der Waals surface area contributed by atoms with E-state index in [1.165, 1.54) is 29.5 Å². The summed E-state index contributed by atoms with van der Waals surface area (Å²) in [5, 5.41) is 6.84. The van der Waals surface area contributed by atoms with Gasteiger partial charge in [-0.15, -0.1) is 0 Å². The van der Waals surface area contributed by atoms with Crippen LogP contribution in [0.1, 0.15) is 41.1 Å². The average Bonchev–Trinajstić information content (AvgIpc) is 3.49. The number of hydrazone groups is 1. The fourth-order valence-electron chi connectivity index (χ4n) is 3.92. The van der Waals surface area contributed by atoms with Crippen LogP contribution < -0.4 is 4.74 Å². The smallest absolute Gasteiger partial charge is 0.277 e. The van der Waals surface area contributed by atoms with Crippen LogP contribution in [-0.4, -0.2) is 28.2 Å². The van der Waals surface area contributed by atoms with Crippen LogP contribution in [-0.2, 0) is 0 Å². The van der Waals surface area contributed by atoms with E-state index in [1.54, 1.807) is 18.2 Å². The Labute approximate surface area is 194 Å². The number of hydrogen-bond acceptors (Lipinski definition) is 5. The third-order valence-electron chi connectivity index (χ3n) is 5.47. The molecule has 0 saturated heterocycles. The SMILES string of the molecule is CCOc1ccc2cc(C3CC(c4ccco4)=NN3C(=O)c3ccccc3F)c(Cl)nc2c1. The largest absolute Gasteiger partial charge is 0.494 e. The van der Waals surface area contributed by atoms with Crippen LogP contribution in [0.2, 0.25) is 5.15 Å². The first-order valence-electron chi connectivity index (χ1n) is 10.5. The topological polar surface area (TPSA) is 67.9 Å². The highest BCUT2D eigenvalue weighted by Gasteiger charge is 2.37. The Kier molecular flexibility index (Phi) is 5.56. The highest BCUT2D eigenvalue weighted by atomic mass is 35.5. The van der Waals surface area contributed by atoms with Gasteiger partial charge in [-0.1, -0.05) is 23.7 Å². The molecule has 8 heteroatoms. The van der Waals surface area contributed by atoms with Gasteiger partial charge in [0.15, 0.2) is 0 Å². The molecule has 2 aromatic carbocycles. The summed E-state index contributed by atoms with van der Waals surface area (Å²) in [4.78, 5) is 17.9. The van der Waals surface area contributed by atoms with Crippen molar-refractivity contribution in [3.8, 4) is 5.75 Å². The Morgan fingerprint density at radius 3 is 2.82 bits per heavy atom. The lowest BCUT2D eigenvalue weighted by Gasteiger charge is -2.23. The van der Waals surface area contributed by atoms with Crippen LogP contribution in [0.15, 0.2) is 76.4 Å². The van der Waals surface area contributed by atoms with Crippen LogP contribution in [0.3, 0.4) is 0 Å². The second-order valence-corrected chi connectivity index (χ2v) is 7.89. The Hall–Kier alpha value is -3.71. The molecule has 4 aromatic rings. The highest BCUT2D eigenvalue weighted by Crippen LogP contribution is 2.38. The quantitative estimate of drug-likeness (QED) is 0.340. The lowest BCUT2D eigenvalue weighted by atomic mass is 10.00. The third-order valence-corrected chi connectivity index (χ3v) is 5.77.